The van der Waals surface area contributed by atoms with Gasteiger partial charge in [-0.2, -0.15) is 5.26 Å². The summed E-state index contributed by atoms with van der Waals surface area (Å²) in [7, 11) is 1.58. The number of rotatable bonds is 39. The Morgan fingerprint density at radius 3 is 1.58 bits per heavy atom. The third kappa shape index (κ3) is 29.3. The molecule has 606 valence electrons. The van der Waals surface area contributed by atoms with Crippen molar-refractivity contribution in [3.63, 3.8) is 0 Å². The quantitative estimate of drug-likeness (QED) is 0.0198. The van der Waals surface area contributed by atoms with Crippen LogP contribution in [-0.2, 0) is 78.7 Å². The molecule has 0 radical (unpaired) electrons. The number of methoxy groups -OCH3 is 1. The van der Waals surface area contributed by atoms with Crippen LogP contribution in [0.25, 0.3) is 27.4 Å². The molecule has 8 N–H and O–H groups in total. The van der Waals surface area contributed by atoms with Gasteiger partial charge >= 0.3 is 18.1 Å². The zero-order valence-electron chi connectivity index (χ0n) is 63.1. The fourth-order valence-corrected chi connectivity index (χ4v) is 11.8. The van der Waals surface area contributed by atoms with Crippen LogP contribution in [0.1, 0.15) is 102 Å². The Labute approximate surface area is 644 Å². The second-order valence-corrected chi connectivity index (χ2v) is 27.0. The Kier molecular flexibility index (Phi) is 34.8. The van der Waals surface area contributed by atoms with E-state index in [9.17, 15) is 76.6 Å². The molecule has 0 saturated carbocycles. The van der Waals surface area contributed by atoms with Gasteiger partial charge in [-0.3, -0.25) is 82.4 Å². The molecule has 37 nitrogen and oxygen atoms in total. The van der Waals surface area contributed by atoms with E-state index in [1.807, 2.05) is 17.9 Å². The highest BCUT2D eigenvalue weighted by Crippen LogP contribution is 2.33. The van der Waals surface area contributed by atoms with E-state index in [0.29, 0.717) is 106 Å². The largest absolute Gasteiger partial charge is 0.480 e. The zero-order valence-corrected chi connectivity index (χ0v) is 63.1. The minimum absolute atomic E-state index is 0.0113. The van der Waals surface area contributed by atoms with E-state index < -0.39 is 90.3 Å². The monoisotopic (exact) mass is 1570 g/mol. The minimum Gasteiger partial charge on any atom is -0.480 e. The topological polar surface area (TPSA) is 452 Å². The first kappa shape index (κ1) is 88.2. The fourth-order valence-electron chi connectivity index (χ4n) is 11.8. The molecule has 1 aromatic carbocycles. The highest BCUT2D eigenvalue weighted by atomic mass is 19.3. The van der Waals surface area contributed by atoms with E-state index in [0.717, 1.165) is 11.3 Å². The van der Waals surface area contributed by atoms with Crippen molar-refractivity contribution < 1.29 is 90.3 Å². The van der Waals surface area contributed by atoms with Gasteiger partial charge in [-0.15, -0.1) is 10.2 Å². The van der Waals surface area contributed by atoms with Crippen molar-refractivity contribution in [2.24, 2.45) is 0 Å². The van der Waals surface area contributed by atoms with Gasteiger partial charge in [-0.1, -0.05) is 17.4 Å². The third-order valence-electron chi connectivity index (χ3n) is 17.7. The number of alkyl halides is 3. The van der Waals surface area contributed by atoms with E-state index in [1.54, 1.807) is 56.9 Å². The molecule has 4 aromatic heterocycles. The summed E-state index contributed by atoms with van der Waals surface area (Å²) in [4.78, 5) is 144. The second-order valence-electron chi connectivity index (χ2n) is 27.0. The molecular formula is C72H96F3N21O16. The Bertz CT molecular complexity index is 4090. The molecular weight excluding hydrogens is 1470 g/mol. The lowest BCUT2D eigenvalue weighted by Crippen LogP contribution is -2.48. The summed E-state index contributed by atoms with van der Waals surface area (Å²) in [5.41, 5.74) is 1.97. The number of nitriles is 1. The molecule has 40 heteroatoms. The predicted octanol–water partition coefficient (Wildman–Crippen LogP) is 0.636. The smallest absolute Gasteiger partial charge is 0.317 e. The van der Waals surface area contributed by atoms with Crippen LogP contribution < -0.4 is 31.9 Å². The zero-order chi connectivity index (χ0) is 81.3. The van der Waals surface area contributed by atoms with Gasteiger partial charge in [0.15, 0.2) is 0 Å². The van der Waals surface area contributed by atoms with Gasteiger partial charge in [0.1, 0.15) is 35.2 Å². The number of carboxylic acid groups (broad SMARTS) is 2. The van der Waals surface area contributed by atoms with Crippen LogP contribution in [0.15, 0.2) is 67.3 Å². The number of aromatic nitrogens is 8. The highest BCUT2D eigenvalue weighted by molar-refractivity contribution is 5.99. The number of nitrogens with zero attached hydrogens (tertiary/aromatic N) is 15. The lowest BCUT2D eigenvalue weighted by molar-refractivity contribution is -0.140. The third-order valence-corrected chi connectivity index (χ3v) is 17.7. The lowest BCUT2D eigenvalue weighted by atomic mass is 10.0. The van der Waals surface area contributed by atoms with Gasteiger partial charge < -0.3 is 66.0 Å². The number of aliphatic carboxylic acids is 2. The van der Waals surface area contributed by atoms with Crippen LogP contribution in [0.5, 0.6) is 0 Å². The first-order chi connectivity index (χ1) is 53.5. The number of likely N-dealkylation sites (tertiary alicyclic amines) is 2. The van der Waals surface area contributed by atoms with Crippen molar-refractivity contribution in [2.75, 3.05) is 138 Å². The van der Waals surface area contributed by atoms with Gasteiger partial charge in [0.05, 0.1) is 135 Å². The molecule has 0 bridgehead atoms. The van der Waals surface area contributed by atoms with Gasteiger partial charge in [0, 0.05) is 126 Å². The molecule has 3 fully saturated rings. The van der Waals surface area contributed by atoms with Crippen LogP contribution >= 0.6 is 0 Å². The molecule has 8 amide bonds. The number of amides is 8. The number of halogens is 3. The normalized spacial score (nSPS) is 17.7. The van der Waals surface area contributed by atoms with Crippen LogP contribution in [0.4, 0.5) is 13.2 Å². The Morgan fingerprint density at radius 1 is 0.607 bits per heavy atom. The summed E-state index contributed by atoms with van der Waals surface area (Å²) in [6, 6.07) is 9.26. The molecule has 3 saturated heterocycles. The van der Waals surface area contributed by atoms with Gasteiger partial charge in [0.2, 0.25) is 23.6 Å². The van der Waals surface area contributed by atoms with Crippen molar-refractivity contribution in [1.82, 2.24) is 96.4 Å². The molecule has 0 spiro atoms. The number of ether oxygens (including phenoxy) is 4. The van der Waals surface area contributed by atoms with Crippen LogP contribution in [-0.4, -0.2) is 308 Å². The number of carbonyl (C=O) groups is 10. The fraction of sp³-hybridized carbons (Fsp3) is 0.556. The molecule has 5 atom stereocenters. The number of hydrogen-bond donors (Lipinski definition) is 8. The van der Waals surface area contributed by atoms with E-state index >= 15 is 0 Å². The van der Waals surface area contributed by atoms with Crippen LogP contribution in [0.2, 0.25) is 0 Å². The standard InChI is InChI=1S/C50H66F2N16O12.C22H30FN5O4/c1-34(49(77)68-33-50(51,52)25-40(68)26-53)58-48(76)35-3-5-54-39(24-35)27-57-43(69)4-16-79-19-20-80-18-15-67-29-42(60-62-67)37-21-36(41-28-66(61-59-41)14-17-78-2)22-38(23-37)47(75)56-7-6-55-44(70)30-63-8-10-64(31-45(71)72)12-13-65(11-9-63)32-46(73)74;1-5-9-32-10-7-19(29)26-13-17-11-16(6-8-25-17)20(30)27-15(2)21(31)28-14-22(3,23)12-18(28)24-4/h3,5,21-24,28-29,34,40H,4,6-20,25,27,30-33H2,1-2H3,(H,55,70)(H,56,75)(H,57,69)(H,58,76)(H,71,72)(H,73,74);6,8,11,15,18H,5,7,9-10,12-14H2,1-3H3,(H,26,29)(H,27,30)/t34-,40+;15-,18-,22?/m00/s1. The maximum Gasteiger partial charge on any atom is 0.317 e. The number of carbonyl (C=O) groups excluding carboxylic acids is 8. The second kappa shape index (κ2) is 44.1. The van der Waals surface area contributed by atoms with Gasteiger partial charge in [-0.25, -0.2) is 29.1 Å². The maximum absolute atomic E-state index is 14.3. The highest BCUT2D eigenvalue weighted by Gasteiger charge is 2.49. The molecule has 1 unspecified atom stereocenters. The SMILES string of the molecule is COCCn1cc(-c2cc(C(=O)NCCNC(=O)CN3CCN(CC(=O)O)CCN(CC(=O)O)CC3)cc(-c3cn(CCOCCOCCC(=O)NCc4cc(C(=O)N[C@@H](C)C(=O)N5CC(F)(F)C[C@@H]5C#N)ccn4)nn3)c2)nn1.[C-]#[N+][C@@H]1CC(C)(F)CN1C(=O)[C@H](C)NC(=O)c1ccnc(CNC(=O)CCOCCC)c1. The Morgan fingerprint density at radius 2 is 1.09 bits per heavy atom. The summed E-state index contributed by atoms with van der Waals surface area (Å²) in [5.74, 6) is -8.96. The van der Waals surface area contributed by atoms with E-state index in [4.69, 9.17) is 25.5 Å². The van der Waals surface area contributed by atoms with Gasteiger partial charge in [-0.05, 0) is 69.7 Å². The Hall–Kier alpha value is -11.0. The number of hydrogen-bond acceptors (Lipinski definition) is 24. The van der Waals surface area contributed by atoms with Crippen LogP contribution in [0.3, 0.4) is 0 Å². The molecule has 8 rings (SSSR count). The van der Waals surface area contributed by atoms with Crippen molar-refractivity contribution >= 4 is 59.2 Å². The number of benzene rings is 1. The predicted molar refractivity (Wildman–Crippen MR) is 391 cm³/mol. The molecule has 7 heterocycles. The van der Waals surface area contributed by atoms with Gasteiger partial charge in [0.25, 0.3) is 29.6 Å². The number of pyridine rings is 2. The number of nitrogens with one attached hydrogen (secondary N) is 6. The average Bonchev–Trinajstić information content (AvgIpc) is 1.68. The molecule has 0 aliphatic carbocycles. The Balaban J connectivity index is 0.000000453. The summed E-state index contributed by atoms with van der Waals surface area (Å²) >= 11 is 0. The average molecular weight is 1570 g/mol. The van der Waals surface area contributed by atoms with Crippen molar-refractivity contribution in [1.29, 1.82) is 5.26 Å². The van der Waals surface area contributed by atoms with Crippen molar-refractivity contribution in [3.8, 4) is 28.6 Å². The number of carboxylic acids is 2. The summed E-state index contributed by atoms with van der Waals surface area (Å²) in [6.07, 6.45) is 5.67. The van der Waals surface area contributed by atoms with E-state index in [-0.39, 0.29) is 132 Å². The van der Waals surface area contributed by atoms with Crippen molar-refractivity contribution in [2.45, 2.75) is 122 Å². The first-order valence-electron chi connectivity index (χ1n) is 36.4. The minimum atomic E-state index is -3.19. The molecule has 3 aliphatic heterocycles. The first-order valence-corrected chi connectivity index (χ1v) is 36.4. The molecule has 112 heavy (non-hydrogen) atoms. The maximum atomic E-state index is 14.3. The molecule has 5 aromatic rings. The summed E-state index contributed by atoms with van der Waals surface area (Å²) in [5, 5.41) is 61.1. The van der Waals surface area contributed by atoms with Crippen LogP contribution in [0, 0.1) is 17.9 Å². The van der Waals surface area contributed by atoms with Crippen molar-refractivity contribution in [3.05, 3.63) is 107 Å². The van der Waals surface area contributed by atoms with E-state index in [2.05, 4.69) is 67.3 Å². The molecule has 3 aliphatic rings. The van der Waals surface area contributed by atoms with E-state index in [1.165, 1.54) is 62.3 Å². The summed E-state index contributed by atoms with van der Waals surface area (Å²) < 4.78 is 66.9. The lowest BCUT2D eigenvalue weighted by Gasteiger charge is -2.24. The summed E-state index contributed by atoms with van der Waals surface area (Å²) in [6.45, 7) is 17.4.